The maximum absolute atomic E-state index is 13.7. The highest BCUT2D eigenvalue weighted by atomic mass is 32.1. The maximum Gasteiger partial charge on any atom is 0.410 e. The van der Waals surface area contributed by atoms with Gasteiger partial charge < -0.3 is 15.4 Å². The fraction of sp³-hybridized carbons (Fsp3) is 0.263. The molecule has 152 valence electrons. The average molecular weight is 422 g/mol. The Labute approximate surface area is 168 Å². The molecule has 1 aliphatic heterocycles. The second kappa shape index (κ2) is 7.43. The van der Waals surface area contributed by atoms with Crippen LogP contribution in [0.1, 0.15) is 33.7 Å². The van der Waals surface area contributed by atoms with Gasteiger partial charge in [-0.25, -0.2) is 4.68 Å². The lowest BCUT2D eigenvalue weighted by Gasteiger charge is -2.33. The second-order valence-corrected chi connectivity index (χ2v) is 7.52. The van der Waals surface area contributed by atoms with Gasteiger partial charge in [-0.05, 0) is 35.7 Å². The highest BCUT2D eigenvalue weighted by molar-refractivity contribution is 7.10. The summed E-state index contributed by atoms with van der Waals surface area (Å²) in [7, 11) is 1.53. The molecule has 6 nitrogen and oxygen atoms in total. The minimum atomic E-state index is -4.48. The molecule has 29 heavy (non-hydrogen) atoms. The molecule has 2 unspecified atom stereocenters. The summed E-state index contributed by atoms with van der Waals surface area (Å²) >= 11 is 1.37. The molecule has 1 aliphatic rings. The van der Waals surface area contributed by atoms with E-state index in [1.165, 1.54) is 18.4 Å². The van der Waals surface area contributed by atoms with Gasteiger partial charge in [-0.1, -0.05) is 6.07 Å². The van der Waals surface area contributed by atoms with Crippen LogP contribution in [0.5, 0.6) is 5.75 Å². The van der Waals surface area contributed by atoms with E-state index in [0.717, 1.165) is 15.8 Å². The van der Waals surface area contributed by atoms with E-state index in [-0.39, 0.29) is 17.8 Å². The Morgan fingerprint density at radius 3 is 2.69 bits per heavy atom. The molecule has 3 aromatic rings. The summed E-state index contributed by atoms with van der Waals surface area (Å²) in [4.78, 5) is 13.5. The van der Waals surface area contributed by atoms with Crippen LogP contribution < -0.4 is 15.4 Å². The standard InChI is InChI=1S/C19H17F3N4O2S/c1-28-12-6-4-11(5-7-12)24-18(27)13-10-23-26-16(19(20,21)22)9-14(25-17(13)26)15-3-2-8-29-15/h2-8,10,14,16,25H,9H2,1H3,(H,24,27). The number of carbonyl (C=O) groups excluding carboxylic acids is 1. The molecule has 10 heteroatoms. The predicted octanol–water partition coefficient (Wildman–Crippen LogP) is 4.87. The van der Waals surface area contributed by atoms with Crippen molar-refractivity contribution in [1.29, 1.82) is 0 Å². The average Bonchev–Trinajstić information content (AvgIpc) is 3.37. The molecule has 0 bridgehead atoms. The van der Waals surface area contributed by atoms with Gasteiger partial charge in [-0.15, -0.1) is 11.3 Å². The molecule has 1 amide bonds. The Morgan fingerprint density at radius 1 is 1.31 bits per heavy atom. The monoisotopic (exact) mass is 422 g/mol. The van der Waals surface area contributed by atoms with Gasteiger partial charge in [0.15, 0.2) is 6.04 Å². The SMILES string of the molecule is COc1ccc(NC(=O)c2cnn3c2NC(c2cccs2)CC3C(F)(F)F)cc1. The van der Waals surface area contributed by atoms with E-state index < -0.39 is 24.2 Å². The summed E-state index contributed by atoms with van der Waals surface area (Å²) < 4.78 is 46.9. The van der Waals surface area contributed by atoms with E-state index in [9.17, 15) is 18.0 Å². The number of nitrogens with one attached hydrogen (secondary N) is 2. The Hall–Kier alpha value is -3.01. The number of anilines is 2. The van der Waals surface area contributed by atoms with Crippen molar-refractivity contribution in [2.45, 2.75) is 24.7 Å². The van der Waals surface area contributed by atoms with Gasteiger partial charge in [-0.2, -0.15) is 18.3 Å². The van der Waals surface area contributed by atoms with Gasteiger partial charge in [0, 0.05) is 17.0 Å². The van der Waals surface area contributed by atoms with Crippen molar-refractivity contribution < 1.29 is 22.7 Å². The summed E-state index contributed by atoms with van der Waals surface area (Å²) in [5.41, 5.74) is 0.546. The number of hydrogen-bond donors (Lipinski definition) is 2. The largest absolute Gasteiger partial charge is 0.497 e. The molecule has 1 aromatic carbocycles. The van der Waals surface area contributed by atoms with E-state index in [0.29, 0.717) is 11.4 Å². The minimum Gasteiger partial charge on any atom is -0.497 e. The van der Waals surface area contributed by atoms with Crippen LogP contribution in [0, 0.1) is 0 Å². The molecule has 2 N–H and O–H groups in total. The van der Waals surface area contributed by atoms with Gasteiger partial charge in [-0.3, -0.25) is 4.79 Å². The number of benzene rings is 1. The Morgan fingerprint density at radius 2 is 2.07 bits per heavy atom. The third-order valence-corrected chi connectivity index (χ3v) is 5.70. The molecule has 0 fully saturated rings. The zero-order valence-electron chi connectivity index (χ0n) is 15.2. The second-order valence-electron chi connectivity index (χ2n) is 6.54. The fourth-order valence-corrected chi connectivity index (χ4v) is 4.07. The Balaban J connectivity index is 1.64. The first-order chi connectivity index (χ1) is 13.9. The molecule has 4 rings (SSSR count). The summed E-state index contributed by atoms with van der Waals surface area (Å²) in [5.74, 6) is 0.138. The van der Waals surface area contributed by atoms with Crippen molar-refractivity contribution in [3.05, 3.63) is 58.4 Å². The summed E-state index contributed by atoms with van der Waals surface area (Å²) in [6, 6.07) is 7.83. The normalized spacial score (nSPS) is 18.6. The van der Waals surface area contributed by atoms with Gasteiger partial charge in [0.2, 0.25) is 0 Å². The highest BCUT2D eigenvalue weighted by Gasteiger charge is 2.47. The molecule has 0 saturated carbocycles. The smallest absolute Gasteiger partial charge is 0.410 e. The Bertz CT molecular complexity index is 1000. The van der Waals surface area contributed by atoms with E-state index >= 15 is 0 Å². The lowest BCUT2D eigenvalue weighted by atomic mass is 10.0. The van der Waals surface area contributed by atoms with Crippen molar-refractivity contribution >= 4 is 28.7 Å². The summed E-state index contributed by atoms with van der Waals surface area (Å²) in [5, 5.41) is 11.4. The first-order valence-electron chi connectivity index (χ1n) is 8.76. The number of hydrogen-bond acceptors (Lipinski definition) is 5. The third kappa shape index (κ3) is 3.80. The van der Waals surface area contributed by atoms with Crippen molar-refractivity contribution in [1.82, 2.24) is 9.78 Å². The van der Waals surface area contributed by atoms with Gasteiger partial charge in [0.25, 0.3) is 5.91 Å². The van der Waals surface area contributed by atoms with E-state index in [4.69, 9.17) is 4.74 Å². The number of rotatable bonds is 4. The van der Waals surface area contributed by atoms with Crippen LogP contribution >= 0.6 is 11.3 Å². The number of ether oxygens (including phenoxy) is 1. The quantitative estimate of drug-likeness (QED) is 0.630. The van der Waals surface area contributed by atoms with Crippen molar-refractivity contribution in [3.8, 4) is 5.75 Å². The van der Waals surface area contributed by atoms with Crippen LogP contribution in [-0.4, -0.2) is 29.0 Å². The zero-order chi connectivity index (χ0) is 20.6. The summed E-state index contributed by atoms with van der Waals surface area (Å²) in [6.07, 6.45) is -3.52. The molecule has 0 radical (unpaired) electrons. The molecule has 3 heterocycles. The first kappa shape index (κ1) is 19.3. The molecule has 0 aliphatic carbocycles. The van der Waals surface area contributed by atoms with Crippen LogP contribution in [0.4, 0.5) is 24.7 Å². The molecule has 2 aromatic heterocycles. The van der Waals surface area contributed by atoms with Gasteiger partial charge in [0.1, 0.15) is 17.1 Å². The molecular weight excluding hydrogens is 405 g/mol. The van der Waals surface area contributed by atoms with Crippen LogP contribution in [0.15, 0.2) is 48.0 Å². The lowest BCUT2D eigenvalue weighted by molar-refractivity contribution is -0.173. The van der Waals surface area contributed by atoms with Crippen molar-refractivity contribution in [3.63, 3.8) is 0 Å². The number of alkyl halides is 3. The van der Waals surface area contributed by atoms with Crippen molar-refractivity contribution in [2.24, 2.45) is 0 Å². The molecule has 2 atom stereocenters. The van der Waals surface area contributed by atoms with Crippen LogP contribution in [0.25, 0.3) is 0 Å². The van der Waals surface area contributed by atoms with Gasteiger partial charge >= 0.3 is 6.18 Å². The fourth-order valence-electron chi connectivity index (χ4n) is 3.28. The maximum atomic E-state index is 13.7. The van der Waals surface area contributed by atoms with Crippen LogP contribution in [0.3, 0.4) is 0 Å². The van der Waals surface area contributed by atoms with E-state index in [1.54, 1.807) is 36.4 Å². The Kier molecular flexibility index (Phi) is 4.95. The molecule has 0 spiro atoms. The number of halogens is 3. The molecular formula is C19H17F3N4O2S. The third-order valence-electron chi connectivity index (χ3n) is 4.72. The number of amides is 1. The number of methoxy groups -OCH3 is 1. The van der Waals surface area contributed by atoms with Gasteiger partial charge in [0.05, 0.1) is 19.3 Å². The lowest BCUT2D eigenvalue weighted by Crippen LogP contribution is -2.36. The number of thiophene rings is 1. The van der Waals surface area contributed by atoms with Crippen LogP contribution in [-0.2, 0) is 0 Å². The summed E-state index contributed by atoms with van der Waals surface area (Å²) in [6.45, 7) is 0. The number of aromatic nitrogens is 2. The van der Waals surface area contributed by atoms with Crippen molar-refractivity contribution in [2.75, 3.05) is 17.7 Å². The number of carbonyl (C=O) groups is 1. The minimum absolute atomic E-state index is 0.0522. The first-order valence-corrected chi connectivity index (χ1v) is 9.64. The number of fused-ring (bicyclic) bond motifs is 1. The predicted molar refractivity (Wildman–Crippen MR) is 104 cm³/mol. The topological polar surface area (TPSA) is 68.2 Å². The van der Waals surface area contributed by atoms with E-state index in [1.807, 2.05) is 5.38 Å². The zero-order valence-corrected chi connectivity index (χ0v) is 16.1. The highest BCUT2D eigenvalue weighted by Crippen LogP contribution is 2.45. The molecule has 0 saturated heterocycles. The van der Waals surface area contributed by atoms with Crippen LogP contribution in [0.2, 0.25) is 0 Å². The number of nitrogens with zero attached hydrogens (tertiary/aromatic N) is 2. The van der Waals surface area contributed by atoms with E-state index in [2.05, 4.69) is 15.7 Å².